The molecule has 0 unspecified atom stereocenters. The first kappa shape index (κ1) is 15.1. The summed E-state index contributed by atoms with van der Waals surface area (Å²) in [6, 6.07) is 6.81. The Kier molecular flexibility index (Phi) is 4.22. The molecule has 2 aromatic rings. The highest BCUT2D eigenvalue weighted by atomic mass is 79.9. The number of nitrogens with zero attached hydrogens (tertiary/aromatic N) is 1. The van der Waals surface area contributed by atoms with Crippen molar-refractivity contribution >= 4 is 31.6 Å². The van der Waals surface area contributed by atoms with E-state index in [9.17, 15) is 8.42 Å². The van der Waals surface area contributed by atoms with E-state index in [4.69, 9.17) is 5.11 Å². The molecule has 0 saturated carbocycles. The fourth-order valence-electron chi connectivity index (χ4n) is 1.79. The van der Waals surface area contributed by atoms with Gasteiger partial charge >= 0.3 is 0 Å². The van der Waals surface area contributed by atoms with E-state index in [-0.39, 0.29) is 11.5 Å². The second kappa shape index (κ2) is 5.59. The second-order valence-corrected chi connectivity index (χ2v) is 7.06. The molecule has 0 saturated heterocycles. The first-order chi connectivity index (χ1) is 9.33. The number of aromatic nitrogens is 1. The summed E-state index contributed by atoms with van der Waals surface area (Å²) >= 11 is 3.33. The Balaban J connectivity index is 2.35. The summed E-state index contributed by atoms with van der Waals surface area (Å²) in [5.74, 6) is 0. The largest absolute Gasteiger partial charge is 0.390 e. The van der Waals surface area contributed by atoms with E-state index in [1.165, 1.54) is 12.3 Å². The average molecular weight is 359 g/mol. The SMILES string of the molecule is Cc1ccc(NS(=O)(=O)c2cc(CO)n(C)c2)c(Br)c1. The van der Waals surface area contributed by atoms with Gasteiger partial charge in [-0.05, 0) is 46.6 Å². The summed E-state index contributed by atoms with van der Waals surface area (Å²) in [6.07, 6.45) is 1.47. The zero-order valence-corrected chi connectivity index (χ0v) is 13.5. The Morgan fingerprint density at radius 3 is 2.60 bits per heavy atom. The molecule has 20 heavy (non-hydrogen) atoms. The normalized spacial score (nSPS) is 11.6. The van der Waals surface area contributed by atoms with Crippen LogP contribution in [0.15, 0.2) is 39.8 Å². The maximum Gasteiger partial charge on any atom is 0.263 e. The predicted octanol–water partition coefficient (Wildman–Crippen LogP) is 2.39. The van der Waals surface area contributed by atoms with Crippen molar-refractivity contribution in [3.8, 4) is 0 Å². The summed E-state index contributed by atoms with van der Waals surface area (Å²) in [6.45, 7) is 1.72. The van der Waals surface area contributed by atoms with Crippen molar-refractivity contribution in [2.24, 2.45) is 7.05 Å². The van der Waals surface area contributed by atoms with Gasteiger partial charge in [0.15, 0.2) is 0 Å². The minimum absolute atomic E-state index is 0.122. The van der Waals surface area contributed by atoms with Gasteiger partial charge in [0.05, 0.1) is 12.3 Å². The quantitative estimate of drug-likeness (QED) is 0.881. The number of aryl methyl sites for hydroxylation is 2. The molecule has 0 amide bonds. The first-order valence-corrected chi connectivity index (χ1v) is 8.16. The van der Waals surface area contributed by atoms with Crippen LogP contribution in [-0.4, -0.2) is 18.1 Å². The predicted molar refractivity (Wildman–Crippen MR) is 81.0 cm³/mol. The number of halogens is 1. The third-order valence-electron chi connectivity index (χ3n) is 2.92. The number of aliphatic hydroxyl groups excluding tert-OH is 1. The van der Waals surface area contributed by atoms with Crippen LogP contribution in [0, 0.1) is 6.92 Å². The third kappa shape index (κ3) is 3.05. The van der Waals surface area contributed by atoms with E-state index in [0.717, 1.165) is 5.56 Å². The van der Waals surface area contributed by atoms with E-state index in [1.807, 2.05) is 19.1 Å². The van der Waals surface area contributed by atoms with Crippen molar-refractivity contribution in [2.45, 2.75) is 18.4 Å². The van der Waals surface area contributed by atoms with Gasteiger partial charge in [0, 0.05) is 23.4 Å². The molecule has 108 valence electrons. The molecule has 0 aliphatic carbocycles. The summed E-state index contributed by atoms with van der Waals surface area (Å²) in [5.41, 5.74) is 2.04. The van der Waals surface area contributed by atoms with Gasteiger partial charge in [0.1, 0.15) is 4.90 Å². The minimum atomic E-state index is -3.67. The molecule has 1 heterocycles. The fraction of sp³-hybridized carbons (Fsp3) is 0.231. The molecular formula is C13H15BrN2O3S. The van der Waals surface area contributed by atoms with Crippen molar-refractivity contribution in [3.05, 3.63) is 46.2 Å². The van der Waals surface area contributed by atoms with Crippen molar-refractivity contribution in [1.29, 1.82) is 0 Å². The lowest BCUT2D eigenvalue weighted by Gasteiger charge is -2.09. The maximum absolute atomic E-state index is 12.3. The molecule has 1 aromatic heterocycles. The molecule has 2 N–H and O–H groups in total. The number of hydrogen-bond donors (Lipinski definition) is 2. The molecule has 0 spiro atoms. The van der Waals surface area contributed by atoms with Crippen LogP contribution in [-0.2, 0) is 23.7 Å². The van der Waals surface area contributed by atoms with Gasteiger partial charge < -0.3 is 9.67 Å². The fourth-order valence-corrected chi connectivity index (χ4v) is 3.68. The van der Waals surface area contributed by atoms with Crippen LogP contribution in [0.2, 0.25) is 0 Å². The standard InChI is InChI=1S/C13H15BrN2O3S/c1-9-3-4-13(12(14)5-9)15-20(18,19)11-6-10(8-17)16(2)7-11/h3-7,15,17H,8H2,1-2H3. The molecule has 0 aliphatic rings. The van der Waals surface area contributed by atoms with E-state index < -0.39 is 10.0 Å². The molecule has 0 fully saturated rings. The van der Waals surface area contributed by atoms with Gasteiger partial charge in [0.2, 0.25) is 0 Å². The molecule has 1 aromatic carbocycles. The Morgan fingerprint density at radius 2 is 2.05 bits per heavy atom. The lowest BCUT2D eigenvalue weighted by molar-refractivity contribution is 0.272. The average Bonchev–Trinajstić information content (AvgIpc) is 2.75. The Morgan fingerprint density at radius 1 is 1.35 bits per heavy atom. The number of rotatable bonds is 4. The Labute approximate surface area is 126 Å². The van der Waals surface area contributed by atoms with E-state index in [0.29, 0.717) is 15.9 Å². The molecular weight excluding hydrogens is 344 g/mol. The monoisotopic (exact) mass is 358 g/mol. The summed E-state index contributed by atoms with van der Waals surface area (Å²) in [5, 5.41) is 9.12. The van der Waals surface area contributed by atoms with Crippen LogP contribution in [0.3, 0.4) is 0 Å². The smallest absolute Gasteiger partial charge is 0.263 e. The molecule has 0 aliphatic heterocycles. The Bertz CT molecular complexity index is 738. The highest BCUT2D eigenvalue weighted by molar-refractivity contribution is 9.10. The summed E-state index contributed by atoms with van der Waals surface area (Å²) < 4.78 is 29.4. The number of aliphatic hydroxyl groups is 1. The van der Waals surface area contributed by atoms with Crippen LogP contribution >= 0.6 is 15.9 Å². The zero-order chi connectivity index (χ0) is 14.9. The van der Waals surface area contributed by atoms with Gasteiger partial charge in [-0.25, -0.2) is 8.42 Å². The lowest BCUT2D eigenvalue weighted by Crippen LogP contribution is -2.12. The first-order valence-electron chi connectivity index (χ1n) is 5.88. The molecule has 0 bridgehead atoms. The van der Waals surface area contributed by atoms with Gasteiger partial charge in [-0.15, -0.1) is 0 Å². The van der Waals surface area contributed by atoms with Gasteiger partial charge in [0.25, 0.3) is 10.0 Å². The van der Waals surface area contributed by atoms with Gasteiger partial charge in [-0.2, -0.15) is 0 Å². The van der Waals surface area contributed by atoms with Crippen LogP contribution in [0.25, 0.3) is 0 Å². The zero-order valence-electron chi connectivity index (χ0n) is 11.1. The van der Waals surface area contributed by atoms with E-state index in [2.05, 4.69) is 20.7 Å². The van der Waals surface area contributed by atoms with Crippen LogP contribution in [0.4, 0.5) is 5.69 Å². The summed E-state index contributed by atoms with van der Waals surface area (Å²) in [7, 11) is -1.99. The van der Waals surface area contributed by atoms with E-state index >= 15 is 0 Å². The maximum atomic E-state index is 12.3. The van der Waals surface area contributed by atoms with E-state index in [1.54, 1.807) is 17.7 Å². The van der Waals surface area contributed by atoms with Crippen LogP contribution < -0.4 is 4.72 Å². The van der Waals surface area contributed by atoms with Crippen LogP contribution in [0.5, 0.6) is 0 Å². The number of benzene rings is 1. The molecule has 2 rings (SSSR count). The number of sulfonamides is 1. The van der Waals surface area contributed by atoms with Crippen molar-refractivity contribution in [3.63, 3.8) is 0 Å². The highest BCUT2D eigenvalue weighted by Crippen LogP contribution is 2.26. The molecule has 5 nitrogen and oxygen atoms in total. The van der Waals surface area contributed by atoms with Crippen molar-refractivity contribution in [1.82, 2.24) is 4.57 Å². The topological polar surface area (TPSA) is 71.3 Å². The molecule has 7 heteroatoms. The van der Waals surface area contributed by atoms with Crippen LogP contribution in [0.1, 0.15) is 11.3 Å². The lowest BCUT2D eigenvalue weighted by atomic mass is 10.2. The van der Waals surface area contributed by atoms with Crippen molar-refractivity contribution < 1.29 is 13.5 Å². The summed E-state index contributed by atoms with van der Waals surface area (Å²) in [4.78, 5) is 0.122. The third-order valence-corrected chi connectivity index (χ3v) is 4.91. The second-order valence-electron chi connectivity index (χ2n) is 4.52. The number of hydrogen-bond acceptors (Lipinski definition) is 3. The highest BCUT2D eigenvalue weighted by Gasteiger charge is 2.18. The van der Waals surface area contributed by atoms with Crippen molar-refractivity contribution in [2.75, 3.05) is 4.72 Å². The number of anilines is 1. The number of nitrogens with one attached hydrogen (secondary N) is 1. The Hall–Kier alpha value is -1.31. The molecule has 0 atom stereocenters. The molecule has 0 radical (unpaired) electrons. The van der Waals surface area contributed by atoms with Gasteiger partial charge in [-0.1, -0.05) is 6.07 Å². The van der Waals surface area contributed by atoms with Gasteiger partial charge in [-0.3, -0.25) is 4.72 Å². The minimum Gasteiger partial charge on any atom is -0.390 e.